The molecular weight excluding hydrogens is 322 g/mol. The van der Waals surface area contributed by atoms with Crippen LogP contribution in [0.2, 0.25) is 0 Å². The highest BCUT2D eigenvalue weighted by atomic mass is 16.4. The Morgan fingerprint density at radius 1 is 1.24 bits per heavy atom. The third kappa shape index (κ3) is 4.70. The third-order valence-electron chi connectivity index (χ3n) is 4.67. The van der Waals surface area contributed by atoms with Crippen LogP contribution in [0.5, 0.6) is 0 Å². The highest BCUT2D eigenvalue weighted by Crippen LogP contribution is 2.12. The number of aliphatic hydroxyl groups excluding tert-OH is 1. The van der Waals surface area contributed by atoms with E-state index in [1.807, 2.05) is 18.2 Å². The molecule has 7 nitrogen and oxygen atoms in total. The molecule has 0 bridgehead atoms. The summed E-state index contributed by atoms with van der Waals surface area (Å²) in [5.74, 6) is -0.493. The number of nitrogens with one attached hydrogen (secondary N) is 1. The number of aliphatic hydroxyl groups is 1. The van der Waals surface area contributed by atoms with Gasteiger partial charge in [-0.25, -0.2) is 4.79 Å². The van der Waals surface area contributed by atoms with E-state index in [4.69, 9.17) is 4.42 Å². The van der Waals surface area contributed by atoms with Gasteiger partial charge in [-0.1, -0.05) is 12.1 Å². The van der Waals surface area contributed by atoms with Crippen LogP contribution in [0.25, 0.3) is 11.1 Å². The van der Waals surface area contributed by atoms with Gasteiger partial charge in [-0.3, -0.25) is 9.36 Å². The van der Waals surface area contributed by atoms with Crippen LogP contribution in [0.1, 0.15) is 25.7 Å². The molecule has 2 N–H and O–H groups in total. The zero-order chi connectivity index (χ0) is 17.6. The van der Waals surface area contributed by atoms with Crippen LogP contribution in [0.4, 0.5) is 0 Å². The molecule has 0 spiro atoms. The van der Waals surface area contributed by atoms with E-state index in [9.17, 15) is 14.7 Å². The largest absolute Gasteiger partial charge is 0.419 e. The van der Waals surface area contributed by atoms with Crippen molar-refractivity contribution in [3.05, 3.63) is 34.8 Å². The average Bonchev–Trinajstić information content (AvgIpc) is 2.93. The molecule has 25 heavy (non-hydrogen) atoms. The minimum Gasteiger partial charge on any atom is -0.408 e. The van der Waals surface area contributed by atoms with Crippen LogP contribution in [-0.2, 0) is 11.3 Å². The van der Waals surface area contributed by atoms with Crippen molar-refractivity contribution in [2.75, 3.05) is 26.2 Å². The Morgan fingerprint density at radius 2 is 2.00 bits per heavy atom. The summed E-state index contributed by atoms with van der Waals surface area (Å²) in [5, 5.41) is 12.4. The normalized spacial score (nSPS) is 16.4. The molecule has 2 aromatic rings. The smallest absolute Gasteiger partial charge is 0.408 e. The number of hydrogen-bond donors (Lipinski definition) is 2. The van der Waals surface area contributed by atoms with E-state index in [0.717, 1.165) is 38.9 Å². The Labute approximate surface area is 146 Å². The van der Waals surface area contributed by atoms with Crippen molar-refractivity contribution in [1.82, 2.24) is 14.8 Å². The summed E-state index contributed by atoms with van der Waals surface area (Å²) >= 11 is 0. The quantitative estimate of drug-likeness (QED) is 0.728. The Bertz CT molecular complexity index is 759. The highest BCUT2D eigenvalue weighted by Gasteiger charge is 2.16. The predicted octanol–water partition coefficient (Wildman–Crippen LogP) is 0.948. The van der Waals surface area contributed by atoms with Gasteiger partial charge in [0.1, 0.15) is 0 Å². The minimum atomic E-state index is -0.429. The van der Waals surface area contributed by atoms with Gasteiger partial charge in [0.15, 0.2) is 5.58 Å². The lowest BCUT2D eigenvalue weighted by Gasteiger charge is -2.29. The van der Waals surface area contributed by atoms with Crippen molar-refractivity contribution in [2.45, 2.75) is 38.3 Å². The van der Waals surface area contributed by atoms with Gasteiger partial charge in [0.05, 0.1) is 11.6 Å². The van der Waals surface area contributed by atoms with Gasteiger partial charge < -0.3 is 19.7 Å². The Hall–Kier alpha value is -2.12. The second kappa shape index (κ2) is 8.31. The lowest BCUT2D eigenvalue weighted by molar-refractivity contribution is -0.121. The first-order chi connectivity index (χ1) is 12.1. The number of oxazole rings is 1. The van der Waals surface area contributed by atoms with Gasteiger partial charge >= 0.3 is 5.76 Å². The molecule has 0 saturated carbocycles. The molecular formula is C18H25N3O4. The number of para-hydroxylation sites is 2. The number of fused-ring (bicyclic) bond motifs is 1. The molecule has 0 unspecified atom stereocenters. The summed E-state index contributed by atoms with van der Waals surface area (Å²) in [7, 11) is 0. The zero-order valence-corrected chi connectivity index (χ0v) is 14.3. The van der Waals surface area contributed by atoms with Gasteiger partial charge in [-0.15, -0.1) is 0 Å². The molecule has 1 aliphatic rings. The minimum absolute atomic E-state index is 0.0637. The van der Waals surface area contributed by atoms with Crippen molar-refractivity contribution in [3.8, 4) is 0 Å². The molecule has 1 saturated heterocycles. The number of piperidine rings is 1. The molecule has 0 atom stereocenters. The molecule has 1 aliphatic heterocycles. The second-order valence-electron chi connectivity index (χ2n) is 6.51. The van der Waals surface area contributed by atoms with E-state index in [1.165, 1.54) is 4.57 Å². The molecule has 1 fully saturated rings. The number of likely N-dealkylation sites (tertiary alicyclic amines) is 1. The van der Waals surface area contributed by atoms with E-state index in [2.05, 4.69) is 10.2 Å². The lowest BCUT2D eigenvalue weighted by atomic mass is 10.1. The molecule has 136 valence electrons. The molecule has 1 aromatic carbocycles. The van der Waals surface area contributed by atoms with Crippen molar-refractivity contribution >= 4 is 17.0 Å². The van der Waals surface area contributed by atoms with Crippen LogP contribution >= 0.6 is 0 Å². The number of amides is 1. The zero-order valence-electron chi connectivity index (χ0n) is 14.3. The van der Waals surface area contributed by atoms with E-state index in [-0.39, 0.29) is 18.4 Å². The Kier molecular flexibility index (Phi) is 5.88. The molecule has 3 rings (SSSR count). The average molecular weight is 347 g/mol. The van der Waals surface area contributed by atoms with Crippen molar-refractivity contribution in [1.29, 1.82) is 0 Å². The van der Waals surface area contributed by atoms with Crippen LogP contribution < -0.4 is 11.1 Å². The van der Waals surface area contributed by atoms with E-state index < -0.39 is 5.76 Å². The number of rotatable bonds is 7. The Balaban J connectivity index is 1.38. The molecule has 2 heterocycles. The maximum atomic E-state index is 12.0. The van der Waals surface area contributed by atoms with Gasteiger partial charge in [0, 0.05) is 32.6 Å². The molecule has 7 heteroatoms. The van der Waals surface area contributed by atoms with E-state index >= 15 is 0 Å². The monoisotopic (exact) mass is 347 g/mol. The number of aryl methyl sites for hydroxylation is 1. The predicted molar refractivity (Wildman–Crippen MR) is 94.4 cm³/mol. The van der Waals surface area contributed by atoms with Crippen LogP contribution in [-0.4, -0.2) is 52.8 Å². The van der Waals surface area contributed by atoms with E-state index in [0.29, 0.717) is 24.2 Å². The van der Waals surface area contributed by atoms with Crippen molar-refractivity contribution in [2.24, 2.45) is 0 Å². The first-order valence-corrected chi connectivity index (χ1v) is 8.89. The summed E-state index contributed by atoms with van der Waals surface area (Å²) in [6.45, 7) is 3.71. The summed E-state index contributed by atoms with van der Waals surface area (Å²) in [5.41, 5.74) is 1.26. The van der Waals surface area contributed by atoms with E-state index in [1.54, 1.807) is 6.07 Å². The van der Waals surface area contributed by atoms with Crippen LogP contribution in [0.15, 0.2) is 33.5 Å². The SMILES string of the molecule is O=C(CCn1c(=O)oc2ccccc21)NCCCN1CCC(O)CC1. The first kappa shape index (κ1) is 17.7. The molecule has 0 radical (unpaired) electrons. The van der Waals surface area contributed by atoms with Gasteiger partial charge in [-0.05, 0) is 37.9 Å². The standard InChI is InChI=1S/C18H25N3O4/c22-14-6-11-20(12-7-14)10-3-9-19-17(23)8-13-21-15-4-1-2-5-16(15)25-18(21)24/h1-2,4-5,14,22H,3,6-13H2,(H,19,23). The number of carbonyl (C=O) groups excluding carboxylic acids is 1. The number of carbonyl (C=O) groups is 1. The van der Waals surface area contributed by atoms with Gasteiger partial charge in [0.25, 0.3) is 0 Å². The summed E-state index contributed by atoms with van der Waals surface area (Å²) in [4.78, 5) is 26.1. The fourth-order valence-corrected chi connectivity index (χ4v) is 3.20. The second-order valence-corrected chi connectivity index (χ2v) is 6.51. The number of aromatic nitrogens is 1. The number of benzene rings is 1. The summed E-state index contributed by atoms with van der Waals surface area (Å²) in [6.07, 6.45) is 2.65. The molecule has 0 aliphatic carbocycles. The number of nitrogens with zero attached hydrogens (tertiary/aromatic N) is 2. The van der Waals surface area contributed by atoms with Crippen molar-refractivity contribution in [3.63, 3.8) is 0 Å². The molecule has 1 aromatic heterocycles. The third-order valence-corrected chi connectivity index (χ3v) is 4.67. The number of hydrogen-bond acceptors (Lipinski definition) is 5. The first-order valence-electron chi connectivity index (χ1n) is 8.89. The fraction of sp³-hybridized carbons (Fsp3) is 0.556. The lowest BCUT2D eigenvalue weighted by Crippen LogP contribution is -2.37. The molecule has 1 amide bonds. The maximum Gasteiger partial charge on any atom is 0.419 e. The topological polar surface area (TPSA) is 87.7 Å². The van der Waals surface area contributed by atoms with Gasteiger partial charge in [-0.2, -0.15) is 0 Å². The summed E-state index contributed by atoms with van der Waals surface area (Å²) < 4.78 is 6.65. The van der Waals surface area contributed by atoms with Crippen LogP contribution in [0.3, 0.4) is 0 Å². The Morgan fingerprint density at radius 3 is 2.80 bits per heavy atom. The highest BCUT2D eigenvalue weighted by molar-refractivity contribution is 5.76. The summed E-state index contributed by atoms with van der Waals surface area (Å²) in [6, 6.07) is 7.21. The maximum absolute atomic E-state index is 12.0. The van der Waals surface area contributed by atoms with Crippen LogP contribution in [0, 0.1) is 0 Å². The van der Waals surface area contributed by atoms with Gasteiger partial charge in [0.2, 0.25) is 5.91 Å². The fourth-order valence-electron chi connectivity index (χ4n) is 3.20. The van der Waals surface area contributed by atoms with Crippen molar-refractivity contribution < 1.29 is 14.3 Å².